The van der Waals surface area contributed by atoms with E-state index >= 15 is 0 Å². The normalized spacial score (nSPS) is 21.3. The first-order valence-corrected chi connectivity index (χ1v) is 8.51. The number of aromatic nitrogens is 3. The van der Waals surface area contributed by atoms with Crippen LogP contribution in [0.15, 0.2) is 18.5 Å². The lowest BCUT2D eigenvalue weighted by molar-refractivity contribution is 0.0680. The molecule has 0 radical (unpaired) electrons. The van der Waals surface area contributed by atoms with Crippen LogP contribution in [0.25, 0.3) is 10.8 Å². The molecule has 0 saturated carbocycles. The Kier molecular flexibility index (Phi) is 4.20. The lowest BCUT2D eigenvalue weighted by Crippen LogP contribution is -2.39. The first kappa shape index (κ1) is 15.1. The summed E-state index contributed by atoms with van der Waals surface area (Å²) in [4.78, 5) is 28.6. The number of carbonyl (C=O) groups is 1. The van der Waals surface area contributed by atoms with Crippen LogP contribution in [0.4, 0.5) is 0 Å². The molecular formula is C16H20N4OS. The Hall–Kier alpha value is -1.82. The van der Waals surface area contributed by atoms with Crippen molar-refractivity contribution in [2.24, 2.45) is 0 Å². The van der Waals surface area contributed by atoms with Gasteiger partial charge in [-0.1, -0.05) is 6.92 Å². The summed E-state index contributed by atoms with van der Waals surface area (Å²) in [6.45, 7) is 6.16. The van der Waals surface area contributed by atoms with E-state index in [0.717, 1.165) is 29.8 Å². The van der Waals surface area contributed by atoms with E-state index in [-0.39, 0.29) is 5.91 Å². The number of likely N-dealkylation sites (tertiary alicyclic amines) is 1. The van der Waals surface area contributed by atoms with Crippen LogP contribution < -0.4 is 0 Å². The van der Waals surface area contributed by atoms with Gasteiger partial charge in [0.2, 0.25) is 0 Å². The van der Waals surface area contributed by atoms with E-state index in [1.807, 2.05) is 11.8 Å². The van der Waals surface area contributed by atoms with Crippen LogP contribution in [0.1, 0.15) is 48.5 Å². The van der Waals surface area contributed by atoms with E-state index in [2.05, 4.69) is 28.8 Å². The minimum absolute atomic E-state index is 0.106. The number of thiazole rings is 1. The van der Waals surface area contributed by atoms with Crippen molar-refractivity contribution in [3.05, 3.63) is 29.0 Å². The molecule has 2 atom stereocenters. The van der Waals surface area contributed by atoms with Gasteiger partial charge < -0.3 is 4.90 Å². The second kappa shape index (κ2) is 6.12. The molecule has 1 amide bonds. The highest BCUT2D eigenvalue weighted by atomic mass is 32.1. The highest BCUT2D eigenvalue weighted by molar-refractivity contribution is 7.17. The largest absolute Gasteiger partial charge is 0.332 e. The molecule has 1 fully saturated rings. The summed E-state index contributed by atoms with van der Waals surface area (Å²) in [7, 11) is 0. The molecule has 2 aromatic rings. The molecule has 0 aromatic carbocycles. The van der Waals surface area contributed by atoms with Crippen LogP contribution in [-0.2, 0) is 0 Å². The molecule has 3 heterocycles. The maximum Gasteiger partial charge on any atom is 0.266 e. The Morgan fingerprint density at radius 2 is 2.09 bits per heavy atom. The number of nitrogens with zero attached hydrogens (tertiary/aromatic N) is 4. The molecule has 0 bridgehead atoms. The topological polar surface area (TPSA) is 59.0 Å². The van der Waals surface area contributed by atoms with Crippen LogP contribution >= 0.6 is 11.3 Å². The van der Waals surface area contributed by atoms with Crippen LogP contribution in [0.2, 0.25) is 0 Å². The maximum atomic E-state index is 12.9. The lowest BCUT2D eigenvalue weighted by atomic mass is 10.1. The van der Waals surface area contributed by atoms with Crippen molar-refractivity contribution in [1.29, 1.82) is 0 Å². The fourth-order valence-corrected chi connectivity index (χ4v) is 4.01. The summed E-state index contributed by atoms with van der Waals surface area (Å²) in [5.74, 6) is 0.685. The van der Waals surface area contributed by atoms with E-state index < -0.39 is 0 Å². The Labute approximate surface area is 134 Å². The van der Waals surface area contributed by atoms with E-state index in [4.69, 9.17) is 0 Å². The summed E-state index contributed by atoms with van der Waals surface area (Å²) in [5, 5.41) is 0.710. The van der Waals surface area contributed by atoms with Gasteiger partial charge in [-0.3, -0.25) is 4.79 Å². The zero-order valence-electron chi connectivity index (χ0n) is 13.1. The van der Waals surface area contributed by atoms with Gasteiger partial charge in [0.15, 0.2) is 10.8 Å². The van der Waals surface area contributed by atoms with Gasteiger partial charge in [-0.2, -0.15) is 0 Å². The van der Waals surface area contributed by atoms with Gasteiger partial charge in [-0.05, 0) is 39.2 Å². The number of rotatable bonds is 3. The average Bonchev–Trinajstić information content (AvgIpc) is 3.10. The summed E-state index contributed by atoms with van der Waals surface area (Å²) < 4.78 is 0. The molecule has 1 saturated heterocycles. The second-order valence-electron chi connectivity index (χ2n) is 5.71. The molecule has 2 aromatic heterocycles. The van der Waals surface area contributed by atoms with Crippen molar-refractivity contribution in [3.8, 4) is 10.8 Å². The first-order chi connectivity index (χ1) is 10.6. The molecule has 116 valence electrons. The highest BCUT2D eigenvalue weighted by Gasteiger charge is 2.35. The lowest BCUT2D eigenvalue weighted by Gasteiger charge is -2.27. The summed E-state index contributed by atoms with van der Waals surface area (Å²) >= 11 is 1.39. The predicted octanol–water partition coefficient (Wildman–Crippen LogP) is 3.31. The van der Waals surface area contributed by atoms with Gasteiger partial charge in [0.25, 0.3) is 5.91 Å². The number of amides is 1. The minimum Gasteiger partial charge on any atom is -0.332 e. The molecule has 0 spiro atoms. The number of carbonyl (C=O) groups excluding carboxylic acids is 1. The van der Waals surface area contributed by atoms with Crippen LogP contribution in [0, 0.1) is 6.92 Å². The Morgan fingerprint density at radius 1 is 1.36 bits per heavy atom. The number of aryl methyl sites for hydroxylation is 1. The average molecular weight is 316 g/mol. The van der Waals surface area contributed by atoms with Gasteiger partial charge >= 0.3 is 0 Å². The van der Waals surface area contributed by atoms with Crippen LogP contribution in [-0.4, -0.2) is 37.8 Å². The van der Waals surface area contributed by atoms with Crippen LogP contribution in [0.5, 0.6) is 0 Å². The standard InChI is InChI=1S/C16H20N4OS/c1-4-12-7-6-10(2)20(12)16(21)13-11(3)19-15(22-13)14-17-8-5-9-18-14/h5,8-10,12H,4,6-7H2,1-3H3. The smallest absolute Gasteiger partial charge is 0.266 e. The molecule has 0 N–H and O–H groups in total. The van der Waals surface area contributed by atoms with E-state index in [1.165, 1.54) is 11.3 Å². The molecule has 6 heteroatoms. The van der Waals surface area contributed by atoms with E-state index in [1.54, 1.807) is 18.5 Å². The van der Waals surface area contributed by atoms with Crippen molar-refractivity contribution in [2.45, 2.75) is 52.1 Å². The molecule has 1 aliphatic rings. The van der Waals surface area contributed by atoms with Gasteiger partial charge in [0.05, 0.1) is 5.69 Å². The van der Waals surface area contributed by atoms with Gasteiger partial charge in [-0.15, -0.1) is 11.3 Å². The zero-order chi connectivity index (χ0) is 15.7. The van der Waals surface area contributed by atoms with Crippen molar-refractivity contribution in [2.75, 3.05) is 0 Å². The summed E-state index contributed by atoms with van der Waals surface area (Å²) in [6, 6.07) is 2.42. The maximum absolute atomic E-state index is 12.9. The van der Waals surface area contributed by atoms with E-state index in [9.17, 15) is 4.79 Å². The Bertz CT molecular complexity index is 670. The highest BCUT2D eigenvalue weighted by Crippen LogP contribution is 2.32. The van der Waals surface area contributed by atoms with Crippen molar-refractivity contribution >= 4 is 17.2 Å². The SMILES string of the molecule is CCC1CCC(C)N1C(=O)c1sc(-c2ncccn2)nc1C. The molecule has 0 aliphatic carbocycles. The second-order valence-corrected chi connectivity index (χ2v) is 6.71. The third-order valence-corrected chi connectivity index (χ3v) is 5.38. The Balaban J connectivity index is 1.92. The number of hydrogen-bond acceptors (Lipinski definition) is 5. The fraction of sp³-hybridized carbons (Fsp3) is 0.500. The summed E-state index contributed by atoms with van der Waals surface area (Å²) in [5.41, 5.74) is 0.770. The predicted molar refractivity (Wildman–Crippen MR) is 86.8 cm³/mol. The molecule has 3 rings (SSSR count). The van der Waals surface area contributed by atoms with Crippen molar-refractivity contribution in [1.82, 2.24) is 19.9 Å². The van der Waals surface area contributed by atoms with Gasteiger partial charge in [0.1, 0.15) is 4.88 Å². The van der Waals surface area contributed by atoms with Gasteiger partial charge in [0, 0.05) is 24.5 Å². The fourth-order valence-electron chi connectivity index (χ4n) is 3.06. The monoisotopic (exact) mass is 316 g/mol. The quantitative estimate of drug-likeness (QED) is 0.871. The third-order valence-electron chi connectivity index (χ3n) is 4.24. The molecular weight excluding hydrogens is 296 g/mol. The Morgan fingerprint density at radius 3 is 2.77 bits per heavy atom. The van der Waals surface area contributed by atoms with Crippen LogP contribution in [0.3, 0.4) is 0 Å². The first-order valence-electron chi connectivity index (χ1n) is 7.69. The van der Waals surface area contributed by atoms with Crippen molar-refractivity contribution < 1.29 is 4.79 Å². The molecule has 22 heavy (non-hydrogen) atoms. The number of hydrogen-bond donors (Lipinski definition) is 0. The zero-order valence-corrected chi connectivity index (χ0v) is 13.9. The third kappa shape index (κ3) is 2.63. The van der Waals surface area contributed by atoms with E-state index in [0.29, 0.717) is 22.9 Å². The molecule has 2 unspecified atom stereocenters. The van der Waals surface area contributed by atoms with Crippen molar-refractivity contribution in [3.63, 3.8) is 0 Å². The summed E-state index contributed by atoms with van der Waals surface area (Å²) in [6.07, 6.45) is 6.56. The molecule has 1 aliphatic heterocycles. The molecule has 5 nitrogen and oxygen atoms in total. The van der Waals surface area contributed by atoms with Gasteiger partial charge in [-0.25, -0.2) is 15.0 Å². The minimum atomic E-state index is 0.106.